The standard InChI is InChI=1S/C17H29N2Si.CH3.2ClH.Ti/c1-13-6-5-7-15-16(12-14(2)17(13)15)20(3,4)19-10-8-18-9-11-19;;;;/h5-7,14-17H,8-12H2,1-4H3;1H3;2*1H;/q2*-1;;;+2/p-2/t14-,15?,16?,17?;;;;/m0..../s1. The average molecular weight is 423 g/mol. The molecule has 2 fully saturated rings. The van der Waals surface area contributed by atoms with Gasteiger partial charge in [-0.1, -0.05) is 43.8 Å². The van der Waals surface area contributed by atoms with Crippen LogP contribution in [0.3, 0.4) is 0 Å². The van der Waals surface area contributed by atoms with Crippen LogP contribution in [-0.4, -0.2) is 39.0 Å². The maximum atomic E-state index is 4.89. The van der Waals surface area contributed by atoms with Crippen LogP contribution in [-0.2, 0) is 17.0 Å². The number of allylic oxidation sites excluding steroid dienone is 4. The Labute approximate surface area is 167 Å². The Bertz CT molecular complexity index is 450. The van der Waals surface area contributed by atoms with Gasteiger partial charge in [-0.25, -0.2) is 0 Å². The summed E-state index contributed by atoms with van der Waals surface area (Å²) in [4.78, 5) is 0. The fourth-order valence-corrected chi connectivity index (χ4v) is 8.99. The van der Waals surface area contributed by atoms with Crippen LogP contribution in [0.1, 0.15) is 20.3 Å². The van der Waals surface area contributed by atoms with Gasteiger partial charge in [-0.15, -0.1) is 13.1 Å². The van der Waals surface area contributed by atoms with Crippen LogP contribution in [0.15, 0.2) is 23.8 Å². The molecule has 138 valence electrons. The van der Waals surface area contributed by atoms with Gasteiger partial charge in [0.15, 0.2) is 0 Å². The van der Waals surface area contributed by atoms with E-state index in [9.17, 15) is 0 Å². The summed E-state index contributed by atoms with van der Waals surface area (Å²) in [6.07, 6.45) is 8.61. The van der Waals surface area contributed by atoms with Crippen LogP contribution in [0, 0.1) is 25.2 Å². The molecule has 0 aromatic rings. The van der Waals surface area contributed by atoms with Crippen molar-refractivity contribution in [2.75, 3.05) is 26.2 Å². The van der Waals surface area contributed by atoms with Gasteiger partial charge < -0.3 is 17.3 Å². The Kier molecular flexibility index (Phi) is 9.85. The molecule has 3 rings (SSSR count). The first kappa shape index (κ1) is 23.0. The van der Waals surface area contributed by atoms with E-state index in [4.69, 9.17) is 18.6 Å². The molecule has 0 bridgehead atoms. The maximum absolute atomic E-state index is 4.89. The van der Waals surface area contributed by atoms with E-state index in [1.54, 1.807) is 5.57 Å². The summed E-state index contributed by atoms with van der Waals surface area (Å²) in [6.45, 7) is 14.6. The molecule has 0 aromatic heterocycles. The zero-order chi connectivity index (χ0) is 17.0. The van der Waals surface area contributed by atoms with Crippen LogP contribution in [0.2, 0.25) is 18.6 Å². The third-order valence-corrected chi connectivity index (χ3v) is 10.6. The summed E-state index contributed by atoms with van der Waals surface area (Å²) >= 11 is -0.556. The van der Waals surface area contributed by atoms with E-state index >= 15 is 0 Å². The van der Waals surface area contributed by atoms with Crippen LogP contribution < -0.4 is 0 Å². The van der Waals surface area contributed by atoms with E-state index in [1.165, 1.54) is 19.5 Å². The molecule has 6 heteroatoms. The first-order valence-corrected chi connectivity index (χ1v) is 15.9. The minimum atomic E-state index is -1.35. The Balaban J connectivity index is 0.000000671. The minimum absolute atomic E-state index is 0. The summed E-state index contributed by atoms with van der Waals surface area (Å²) in [5.74, 6) is 2.47. The van der Waals surface area contributed by atoms with Crippen molar-refractivity contribution in [3.05, 3.63) is 36.5 Å². The van der Waals surface area contributed by atoms with Crippen molar-refractivity contribution in [2.45, 2.75) is 38.9 Å². The Morgan fingerprint density at radius 1 is 1.25 bits per heavy atom. The molecule has 1 heterocycles. The molecule has 3 aliphatic rings. The molecule has 24 heavy (non-hydrogen) atoms. The van der Waals surface area contributed by atoms with E-state index in [0.717, 1.165) is 36.4 Å². The van der Waals surface area contributed by atoms with E-state index in [-0.39, 0.29) is 7.43 Å². The molecule has 0 radical (unpaired) electrons. The third-order valence-electron chi connectivity index (χ3n) is 6.11. The van der Waals surface area contributed by atoms with Crippen molar-refractivity contribution in [1.82, 2.24) is 4.57 Å². The molecule has 0 spiro atoms. The summed E-state index contributed by atoms with van der Waals surface area (Å²) in [6, 6.07) is 0. The number of hydrogen-bond donors (Lipinski definition) is 0. The van der Waals surface area contributed by atoms with Gasteiger partial charge in [-0.3, -0.25) is 0 Å². The van der Waals surface area contributed by atoms with Crippen molar-refractivity contribution >= 4 is 26.8 Å². The summed E-state index contributed by atoms with van der Waals surface area (Å²) in [5.41, 5.74) is 2.53. The first-order valence-electron chi connectivity index (χ1n) is 8.63. The van der Waals surface area contributed by atoms with Crippen molar-refractivity contribution in [3.63, 3.8) is 0 Å². The molecular weight excluding hydrogens is 391 g/mol. The second-order valence-electron chi connectivity index (χ2n) is 7.60. The van der Waals surface area contributed by atoms with Crippen LogP contribution >= 0.6 is 18.6 Å². The number of fused-ring (bicyclic) bond motifs is 1. The van der Waals surface area contributed by atoms with Crippen molar-refractivity contribution in [3.8, 4) is 0 Å². The molecular formula is C18H32Cl2N2SiTi-2. The molecule has 2 nitrogen and oxygen atoms in total. The van der Waals surface area contributed by atoms with E-state index in [1.807, 2.05) is 0 Å². The Hall–Kier alpha value is 0.911. The molecule has 4 atom stereocenters. The van der Waals surface area contributed by atoms with Gasteiger partial charge in [-0.2, -0.15) is 0 Å². The van der Waals surface area contributed by atoms with Crippen molar-refractivity contribution in [1.29, 1.82) is 0 Å². The van der Waals surface area contributed by atoms with E-state index in [2.05, 4.69) is 55.1 Å². The van der Waals surface area contributed by atoms with E-state index < -0.39 is 25.3 Å². The molecule has 0 N–H and O–H groups in total. The fraction of sp³-hybridized carbons (Fsp3) is 0.722. The van der Waals surface area contributed by atoms with Crippen LogP contribution in [0.4, 0.5) is 0 Å². The average Bonchev–Trinajstić information content (AvgIpc) is 2.88. The first-order chi connectivity index (χ1) is 10.9. The second-order valence-corrected chi connectivity index (χ2v) is 14.9. The molecule has 0 amide bonds. The summed E-state index contributed by atoms with van der Waals surface area (Å²) < 4.78 is 2.83. The van der Waals surface area contributed by atoms with Gasteiger partial charge in [-0.05, 0) is 49.7 Å². The quantitative estimate of drug-likeness (QED) is 0.401. The number of piperazine rings is 1. The van der Waals surface area contributed by atoms with Gasteiger partial charge in [0.1, 0.15) is 8.24 Å². The Morgan fingerprint density at radius 2 is 1.83 bits per heavy atom. The van der Waals surface area contributed by atoms with Gasteiger partial charge in [0.05, 0.1) is 0 Å². The fourth-order valence-electron chi connectivity index (χ4n) is 4.96. The Morgan fingerprint density at radius 3 is 2.42 bits per heavy atom. The molecule has 1 aliphatic heterocycles. The van der Waals surface area contributed by atoms with Gasteiger partial charge in [0, 0.05) is 0 Å². The second kappa shape index (κ2) is 10.3. The van der Waals surface area contributed by atoms with Crippen LogP contribution in [0.25, 0.3) is 5.32 Å². The summed E-state index contributed by atoms with van der Waals surface area (Å²) in [5, 5.41) is 4.53. The summed E-state index contributed by atoms with van der Waals surface area (Å²) in [7, 11) is 8.42. The SMILES string of the molecule is CC1=CC=CC2C1[C@@H](C)CC2[Si](C)(C)N1CC[N-]CC1.[CH3-].[Cl][Ti][Cl]. The normalized spacial score (nSPS) is 32.8. The van der Waals surface area contributed by atoms with Crippen molar-refractivity contribution < 1.29 is 17.0 Å². The zero-order valence-electron chi connectivity index (χ0n) is 15.7. The number of nitrogens with zero attached hydrogens (tertiary/aromatic N) is 2. The molecule has 1 saturated carbocycles. The number of halogens is 2. The third kappa shape index (κ3) is 5.00. The topological polar surface area (TPSA) is 17.3 Å². The van der Waals surface area contributed by atoms with E-state index in [0.29, 0.717) is 0 Å². The zero-order valence-corrected chi connectivity index (χ0v) is 19.8. The van der Waals surface area contributed by atoms with Gasteiger partial charge >= 0.3 is 35.6 Å². The predicted octanol–water partition coefficient (Wildman–Crippen LogP) is 5.87. The monoisotopic (exact) mass is 422 g/mol. The molecule has 0 aromatic carbocycles. The van der Waals surface area contributed by atoms with Crippen LogP contribution in [0.5, 0.6) is 0 Å². The van der Waals surface area contributed by atoms with Gasteiger partial charge in [0.25, 0.3) is 0 Å². The van der Waals surface area contributed by atoms with Gasteiger partial charge in [0.2, 0.25) is 0 Å². The van der Waals surface area contributed by atoms with Crippen molar-refractivity contribution in [2.24, 2.45) is 17.8 Å². The molecule has 3 unspecified atom stereocenters. The number of rotatable bonds is 2. The number of hydrogen-bond acceptors (Lipinski definition) is 1. The molecule has 2 aliphatic carbocycles. The predicted molar refractivity (Wildman–Crippen MR) is 108 cm³/mol. The molecule has 1 saturated heterocycles.